The Morgan fingerprint density at radius 2 is 1.82 bits per heavy atom. The number of methoxy groups -OCH3 is 1. The molecule has 0 spiro atoms. The Labute approximate surface area is 101 Å². The lowest BCUT2D eigenvalue weighted by atomic mass is 10.3. The second-order valence-electron chi connectivity index (χ2n) is 3.49. The van der Waals surface area contributed by atoms with E-state index in [1.807, 2.05) is 12.1 Å². The minimum Gasteiger partial charge on any atom is -0.493 e. The number of ether oxygens (including phenoxy) is 2. The highest BCUT2D eigenvalue weighted by atomic mass is 32.2. The monoisotopic (exact) mass is 260 g/mol. The Morgan fingerprint density at radius 3 is 2.41 bits per heavy atom. The molecular weight excluding hydrogens is 244 g/mol. The SMILES string of the molecule is COc1ccccc1OCCCCS(=O)(=O)O. The fourth-order valence-corrected chi connectivity index (χ4v) is 1.88. The van der Waals surface area contributed by atoms with E-state index >= 15 is 0 Å². The number of hydrogen-bond acceptors (Lipinski definition) is 4. The first kappa shape index (κ1) is 13.8. The number of hydrogen-bond donors (Lipinski definition) is 1. The van der Waals surface area contributed by atoms with E-state index in [0.717, 1.165) is 0 Å². The topological polar surface area (TPSA) is 72.8 Å². The molecule has 1 aromatic carbocycles. The Balaban J connectivity index is 2.31. The van der Waals surface area contributed by atoms with E-state index < -0.39 is 10.1 Å². The van der Waals surface area contributed by atoms with Crippen molar-refractivity contribution in [3.05, 3.63) is 24.3 Å². The Bertz CT molecular complexity index is 441. The van der Waals surface area contributed by atoms with Crippen LogP contribution < -0.4 is 9.47 Å². The maximum Gasteiger partial charge on any atom is 0.264 e. The van der Waals surface area contributed by atoms with Crippen molar-refractivity contribution in [2.24, 2.45) is 0 Å². The molecule has 0 amide bonds. The van der Waals surface area contributed by atoms with Crippen LogP contribution in [0.2, 0.25) is 0 Å². The van der Waals surface area contributed by atoms with Crippen molar-refractivity contribution < 1.29 is 22.4 Å². The maximum atomic E-state index is 10.5. The van der Waals surface area contributed by atoms with Crippen LogP contribution in [0.4, 0.5) is 0 Å². The van der Waals surface area contributed by atoms with Gasteiger partial charge in [-0.1, -0.05) is 12.1 Å². The molecule has 0 heterocycles. The van der Waals surface area contributed by atoms with Gasteiger partial charge in [-0.25, -0.2) is 0 Å². The largest absolute Gasteiger partial charge is 0.493 e. The number of unbranched alkanes of at least 4 members (excludes halogenated alkanes) is 1. The highest BCUT2D eigenvalue weighted by Gasteiger charge is 2.05. The Morgan fingerprint density at radius 1 is 1.18 bits per heavy atom. The molecule has 96 valence electrons. The lowest BCUT2D eigenvalue weighted by molar-refractivity contribution is 0.288. The third kappa shape index (κ3) is 5.55. The van der Waals surface area contributed by atoms with E-state index in [-0.39, 0.29) is 5.75 Å². The first-order valence-corrected chi connectivity index (χ1v) is 6.85. The van der Waals surface area contributed by atoms with Gasteiger partial charge in [0, 0.05) is 0 Å². The van der Waals surface area contributed by atoms with Crippen LogP contribution in [0.5, 0.6) is 11.5 Å². The molecule has 0 radical (unpaired) electrons. The molecule has 0 aromatic heterocycles. The first-order chi connectivity index (χ1) is 8.03. The van der Waals surface area contributed by atoms with Crippen LogP contribution in [0.3, 0.4) is 0 Å². The van der Waals surface area contributed by atoms with E-state index in [4.69, 9.17) is 14.0 Å². The minimum absolute atomic E-state index is 0.234. The predicted molar refractivity (Wildman–Crippen MR) is 64.1 cm³/mol. The summed E-state index contributed by atoms with van der Waals surface area (Å²) in [5, 5.41) is 0. The van der Waals surface area contributed by atoms with Gasteiger partial charge < -0.3 is 9.47 Å². The number of para-hydroxylation sites is 2. The van der Waals surface area contributed by atoms with Crippen molar-refractivity contribution in [2.75, 3.05) is 19.5 Å². The van der Waals surface area contributed by atoms with Gasteiger partial charge in [-0.3, -0.25) is 4.55 Å². The average Bonchev–Trinajstić information content (AvgIpc) is 2.27. The van der Waals surface area contributed by atoms with Gasteiger partial charge in [0.25, 0.3) is 10.1 Å². The molecule has 0 atom stereocenters. The van der Waals surface area contributed by atoms with Crippen molar-refractivity contribution in [2.45, 2.75) is 12.8 Å². The van der Waals surface area contributed by atoms with Gasteiger partial charge >= 0.3 is 0 Å². The minimum atomic E-state index is -3.86. The summed E-state index contributed by atoms with van der Waals surface area (Å²) < 4.78 is 40.0. The fraction of sp³-hybridized carbons (Fsp3) is 0.455. The molecule has 0 fully saturated rings. The highest BCUT2D eigenvalue weighted by Crippen LogP contribution is 2.25. The van der Waals surface area contributed by atoms with Crippen molar-refractivity contribution in [3.63, 3.8) is 0 Å². The molecular formula is C11H16O5S. The summed E-state index contributed by atoms with van der Waals surface area (Å²) in [5.74, 6) is 1.03. The zero-order chi connectivity index (χ0) is 12.7. The number of rotatable bonds is 7. The third-order valence-corrected chi connectivity index (χ3v) is 2.93. The quantitative estimate of drug-likeness (QED) is 0.597. The summed E-state index contributed by atoms with van der Waals surface area (Å²) >= 11 is 0. The maximum absolute atomic E-state index is 10.5. The second-order valence-corrected chi connectivity index (χ2v) is 5.06. The zero-order valence-electron chi connectivity index (χ0n) is 9.63. The third-order valence-electron chi connectivity index (χ3n) is 2.12. The van der Waals surface area contributed by atoms with Gasteiger partial charge in [0.2, 0.25) is 0 Å². The van der Waals surface area contributed by atoms with E-state index in [1.165, 1.54) is 0 Å². The van der Waals surface area contributed by atoms with Crippen molar-refractivity contribution in [3.8, 4) is 11.5 Å². The zero-order valence-corrected chi connectivity index (χ0v) is 10.4. The smallest absolute Gasteiger partial charge is 0.264 e. The van der Waals surface area contributed by atoms with Crippen LogP contribution >= 0.6 is 0 Å². The van der Waals surface area contributed by atoms with Crippen LogP contribution in [0.15, 0.2) is 24.3 Å². The van der Waals surface area contributed by atoms with Gasteiger partial charge in [0.1, 0.15) is 0 Å². The molecule has 6 heteroatoms. The molecule has 0 aliphatic carbocycles. The molecule has 17 heavy (non-hydrogen) atoms. The van der Waals surface area contributed by atoms with E-state index in [9.17, 15) is 8.42 Å². The predicted octanol–water partition coefficient (Wildman–Crippen LogP) is 1.74. The lowest BCUT2D eigenvalue weighted by Gasteiger charge is -2.09. The number of benzene rings is 1. The van der Waals surface area contributed by atoms with Crippen LogP contribution in [-0.4, -0.2) is 32.4 Å². The van der Waals surface area contributed by atoms with Crippen molar-refractivity contribution in [1.29, 1.82) is 0 Å². The average molecular weight is 260 g/mol. The van der Waals surface area contributed by atoms with Crippen molar-refractivity contribution in [1.82, 2.24) is 0 Å². The fourth-order valence-electron chi connectivity index (χ4n) is 1.31. The standard InChI is InChI=1S/C11H16O5S/c1-15-10-6-2-3-7-11(10)16-8-4-5-9-17(12,13)14/h2-3,6-7H,4-5,8-9H2,1H3,(H,12,13,14). The molecule has 0 unspecified atom stereocenters. The van der Waals surface area contributed by atoms with Crippen LogP contribution in [-0.2, 0) is 10.1 Å². The molecule has 1 N–H and O–H groups in total. The lowest BCUT2D eigenvalue weighted by Crippen LogP contribution is -2.06. The van der Waals surface area contributed by atoms with Gasteiger partial charge in [-0.05, 0) is 25.0 Å². The van der Waals surface area contributed by atoms with Crippen LogP contribution in [0.25, 0.3) is 0 Å². The Hall–Kier alpha value is -1.27. The summed E-state index contributed by atoms with van der Waals surface area (Å²) in [4.78, 5) is 0. The summed E-state index contributed by atoms with van der Waals surface area (Å²) in [7, 11) is -2.31. The molecule has 0 aliphatic heterocycles. The Kier molecular flexibility index (Phi) is 5.24. The summed E-state index contributed by atoms with van der Waals surface area (Å²) in [6, 6.07) is 7.23. The molecule has 0 bridgehead atoms. The summed E-state index contributed by atoms with van der Waals surface area (Å²) in [6.45, 7) is 0.385. The van der Waals surface area contributed by atoms with E-state index in [0.29, 0.717) is 30.9 Å². The van der Waals surface area contributed by atoms with E-state index in [1.54, 1.807) is 19.2 Å². The molecule has 0 saturated carbocycles. The normalized spacial score (nSPS) is 11.2. The van der Waals surface area contributed by atoms with Gasteiger partial charge in [-0.15, -0.1) is 0 Å². The van der Waals surface area contributed by atoms with Crippen LogP contribution in [0, 0.1) is 0 Å². The summed E-state index contributed by atoms with van der Waals surface area (Å²) in [6.07, 6.45) is 0.922. The highest BCUT2D eigenvalue weighted by molar-refractivity contribution is 7.85. The molecule has 5 nitrogen and oxygen atoms in total. The van der Waals surface area contributed by atoms with E-state index in [2.05, 4.69) is 0 Å². The molecule has 0 aliphatic rings. The molecule has 1 aromatic rings. The summed E-state index contributed by atoms with van der Waals surface area (Å²) in [5.41, 5.74) is 0. The second kappa shape index (κ2) is 6.46. The van der Waals surface area contributed by atoms with Crippen LogP contribution in [0.1, 0.15) is 12.8 Å². The first-order valence-electron chi connectivity index (χ1n) is 5.24. The molecule has 1 rings (SSSR count). The van der Waals surface area contributed by atoms with Gasteiger partial charge in [0.05, 0.1) is 19.5 Å². The molecule has 0 saturated heterocycles. The van der Waals surface area contributed by atoms with Crippen molar-refractivity contribution >= 4 is 10.1 Å². The van der Waals surface area contributed by atoms with Gasteiger partial charge in [-0.2, -0.15) is 8.42 Å². The van der Waals surface area contributed by atoms with Gasteiger partial charge in [0.15, 0.2) is 11.5 Å².